The van der Waals surface area contributed by atoms with Crippen molar-refractivity contribution in [2.75, 3.05) is 18.6 Å². The molecule has 0 aliphatic heterocycles. The molecule has 0 heterocycles. The molecule has 92 valence electrons. The zero-order valence-electron chi connectivity index (χ0n) is 9.05. The molecule has 1 N–H and O–H groups in total. The van der Waals surface area contributed by atoms with Gasteiger partial charge in [0.1, 0.15) is 16.4 Å². The minimum Gasteiger partial charge on any atom is -0.480 e. The van der Waals surface area contributed by atoms with Crippen molar-refractivity contribution in [1.82, 2.24) is 4.90 Å². The molecule has 1 aliphatic rings. The van der Waals surface area contributed by atoms with E-state index in [1.54, 1.807) is 0 Å². The summed E-state index contributed by atoms with van der Waals surface area (Å²) in [5.41, 5.74) is 0. The third-order valence-electron chi connectivity index (χ3n) is 2.30. The van der Waals surface area contributed by atoms with Gasteiger partial charge in [-0.3, -0.25) is 9.59 Å². The first kappa shape index (κ1) is 13.0. The monoisotopic (exact) mass is 249 g/mol. The summed E-state index contributed by atoms with van der Waals surface area (Å²) in [4.78, 5) is 23.4. The summed E-state index contributed by atoms with van der Waals surface area (Å²) in [7, 11) is -3.18. The number of carbonyl (C=O) groups excluding carboxylic acids is 1. The second-order valence-corrected chi connectivity index (χ2v) is 6.29. The van der Waals surface area contributed by atoms with Gasteiger partial charge in [-0.2, -0.15) is 0 Å². The molecule has 0 aromatic heterocycles. The lowest BCUT2D eigenvalue weighted by Crippen LogP contribution is -2.38. The van der Waals surface area contributed by atoms with Crippen LogP contribution in [0.25, 0.3) is 0 Å². The van der Waals surface area contributed by atoms with Gasteiger partial charge in [0.25, 0.3) is 0 Å². The standard InChI is InChI=1S/C9H15NO5S/c1-16(14,15)5-4-8(11)10(6-9(12)13)7-2-3-7/h7H,2-6H2,1H3,(H,12,13). The number of carbonyl (C=O) groups is 2. The van der Waals surface area contributed by atoms with Crippen molar-refractivity contribution >= 4 is 21.7 Å². The molecule has 0 radical (unpaired) electrons. The summed E-state index contributed by atoms with van der Waals surface area (Å²) >= 11 is 0. The SMILES string of the molecule is CS(=O)(=O)CCC(=O)N(CC(=O)O)C1CC1. The number of nitrogens with zero attached hydrogens (tertiary/aromatic N) is 1. The van der Waals surface area contributed by atoms with Crippen LogP contribution in [0.5, 0.6) is 0 Å². The van der Waals surface area contributed by atoms with Crippen molar-refractivity contribution in [2.24, 2.45) is 0 Å². The summed E-state index contributed by atoms with van der Waals surface area (Å²) in [5.74, 6) is -1.69. The zero-order valence-corrected chi connectivity index (χ0v) is 9.87. The molecule has 6 nitrogen and oxygen atoms in total. The van der Waals surface area contributed by atoms with E-state index in [2.05, 4.69) is 0 Å². The Morgan fingerprint density at radius 3 is 2.31 bits per heavy atom. The van der Waals surface area contributed by atoms with Crippen LogP contribution >= 0.6 is 0 Å². The third kappa shape index (κ3) is 4.61. The first-order chi connectivity index (χ1) is 7.29. The van der Waals surface area contributed by atoms with Crippen LogP contribution in [0.2, 0.25) is 0 Å². The number of hydrogen-bond donors (Lipinski definition) is 1. The number of rotatable bonds is 6. The predicted octanol–water partition coefficient (Wildman–Crippen LogP) is -0.503. The Morgan fingerprint density at radius 2 is 1.94 bits per heavy atom. The van der Waals surface area contributed by atoms with Crippen molar-refractivity contribution in [3.8, 4) is 0 Å². The van der Waals surface area contributed by atoms with Gasteiger partial charge in [-0.1, -0.05) is 0 Å². The highest BCUT2D eigenvalue weighted by molar-refractivity contribution is 7.90. The van der Waals surface area contributed by atoms with Crippen molar-refractivity contribution < 1.29 is 23.1 Å². The smallest absolute Gasteiger partial charge is 0.323 e. The Balaban J connectivity index is 2.51. The van der Waals surface area contributed by atoms with Crippen molar-refractivity contribution in [2.45, 2.75) is 25.3 Å². The lowest BCUT2D eigenvalue weighted by atomic mass is 10.3. The zero-order chi connectivity index (χ0) is 12.3. The predicted molar refractivity (Wildman–Crippen MR) is 56.7 cm³/mol. The first-order valence-electron chi connectivity index (χ1n) is 4.98. The van der Waals surface area contributed by atoms with Crippen LogP contribution in [0, 0.1) is 0 Å². The molecule has 1 aliphatic carbocycles. The molecule has 1 saturated carbocycles. The Bertz CT molecular complexity index is 385. The van der Waals surface area contributed by atoms with Crippen LogP contribution in [0.1, 0.15) is 19.3 Å². The van der Waals surface area contributed by atoms with E-state index in [9.17, 15) is 18.0 Å². The molecule has 0 bridgehead atoms. The molecule has 0 aromatic rings. The normalized spacial score (nSPS) is 15.8. The Labute approximate surface area is 94.2 Å². The van der Waals surface area contributed by atoms with Crippen LogP contribution in [0.3, 0.4) is 0 Å². The number of sulfone groups is 1. The second kappa shape index (κ2) is 4.82. The van der Waals surface area contributed by atoms with Gasteiger partial charge in [0.05, 0.1) is 5.75 Å². The van der Waals surface area contributed by atoms with Gasteiger partial charge in [-0.05, 0) is 12.8 Å². The number of hydrogen-bond acceptors (Lipinski definition) is 4. The average molecular weight is 249 g/mol. The van der Waals surface area contributed by atoms with Crippen LogP contribution in [-0.2, 0) is 19.4 Å². The van der Waals surface area contributed by atoms with E-state index in [1.165, 1.54) is 4.90 Å². The van der Waals surface area contributed by atoms with Gasteiger partial charge >= 0.3 is 5.97 Å². The van der Waals surface area contributed by atoms with Gasteiger partial charge in [0.2, 0.25) is 5.91 Å². The molecule has 0 atom stereocenters. The summed E-state index contributed by atoms with van der Waals surface area (Å²) in [5, 5.41) is 8.63. The summed E-state index contributed by atoms with van der Waals surface area (Å²) in [6.07, 6.45) is 2.53. The maximum absolute atomic E-state index is 11.6. The van der Waals surface area contributed by atoms with Gasteiger partial charge in [0.15, 0.2) is 0 Å². The van der Waals surface area contributed by atoms with Crippen molar-refractivity contribution in [1.29, 1.82) is 0 Å². The van der Waals surface area contributed by atoms with E-state index in [0.717, 1.165) is 19.1 Å². The average Bonchev–Trinajstić information content (AvgIpc) is 2.92. The number of carboxylic acids is 1. The molecular weight excluding hydrogens is 234 g/mol. The quantitative estimate of drug-likeness (QED) is 0.685. The first-order valence-corrected chi connectivity index (χ1v) is 7.04. The molecule has 0 aromatic carbocycles. The van der Waals surface area contributed by atoms with Crippen LogP contribution < -0.4 is 0 Å². The fourth-order valence-corrected chi connectivity index (χ4v) is 1.91. The minimum atomic E-state index is -3.18. The van der Waals surface area contributed by atoms with Crippen molar-refractivity contribution in [3.05, 3.63) is 0 Å². The molecule has 0 saturated heterocycles. The van der Waals surface area contributed by atoms with Gasteiger partial charge in [-0.15, -0.1) is 0 Å². The lowest BCUT2D eigenvalue weighted by Gasteiger charge is -2.19. The highest BCUT2D eigenvalue weighted by Crippen LogP contribution is 2.27. The van der Waals surface area contributed by atoms with Gasteiger partial charge in [0, 0.05) is 18.7 Å². The number of aliphatic carboxylic acids is 1. The Morgan fingerprint density at radius 1 is 1.38 bits per heavy atom. The van der Waals surface area contributed by atoms with Gasteiger partial charge in [-0.25, -0.2) is 8.42 Å². The maximum Gasteiger partial charge on any atom is 0.323 e. The van der Waals surface area contributed by atoms with Crippen LogP contribution in [-0.4, -0.2) is 54.9 Å². The Kier molecular flexibility index (Phi) is 3.90. The van der Waals surface area contributed by atoms with Crippen LogP contribution in [0.15, 0.2) is 0 Å². The van der Waals surface area contributed by atoms with E-state index >= 15 is 0 Å². The molecule has 0 spiro atoms. The second-order valence-electron chi connectivity index (χ2n) is 4.03. The van der Waals surface area contributed by atoms with Crippen molar-refractivity contribution in [3.63, 3.8) is 0 Å². The molecule has 1 amide bonds. The van der Waals surface area contributed by atoms with E-state index in [1.807, 2.05) is 0 Å². The van der Waals surface area contributed by atoms with Crippen LogP contribution in [0.4, 0.5) is 0 Å². The molecule has 7 heteroatoms. The van der Waals surface area contributed by atoms with Gasteiger partial charge < -0.3 is 10.0 Å². The molecular formula is C9H15NO5S. The minimum absolute atomic E-state index is 0.0110. The van der Waals surface area contributed by atoms with E-state index in [0.29, 0.717) is 0 Å². The topological polar surface area (TPSA) is 91.8 Å². The van der Waals surface area contributed by atoms with E-state index in [-0.39, 0.29) is 24.8 Å². The maximum atomic E-state index is 11.6. The largest absolute Gasteiger partial charge is 0.480 e. The highest BCUT2D eigenvalue weighted by atomic mass is 32.2. The summed E-state index contributed by atoms with van der Waals surface area (Å²) in [6, 6.07) is -0.0110. The fraction of sp³-hybridized carbons (Fsp3) is 0.778. The molecule has 1 rings (SSSR count). The highest BCUT2D eigenvalue weighted by Gasteiger charge is 2.33. The molecule has 0 unspecified atom stereocenters. The summed E-state index contributed by atoms with van der Waals surface area (Å²) < 4.78 is 21.8. The molecule has 16 heavy (non-hydrogen) atoms. The Hall–Kier alpha value is -1.11. The lowest BCUT2D eigenvalue weighted by molar-refractivity contribution is -0.144. The summed E-state index contributed by atoms with van der Waals surface area (Å²) in [6.45, 7) is -0.340. The molecule has 1 fully saturated rings. The van der Waals surface area contributed by atoms with E-state index in [4.69, 9.17) is 5.11 Å². The number of carboxylic acid groups (broad SMARTS) is 1. The fourth-order valence-electron chi connectivity index (χ4n) is 1.37. The van der Waals surface area contributed by atoms with E-state index < -0.39 is 21.7 Å². The third-order valence-corrected chi connectivity index (χ3v) is 3.25. The number of amides is 1.